The maximum atomic E-state index is 10.7. The summed E-state index contributed by atoms with van der Waals surface area (Å²) in [4.78, 5) is 0. The SMILES string of the molecule is Oc1cc(OCCCCCC[P+](c2ccccc2)(c2ccccc2)c2ccccc2)ccc1/C=N\N=C/c1ccc(OCCCCCC[P+](c2ccccc2)(c2ccccc2)c2ccccc2)cc1O.[Br-].[Br-]. The molecule has 72 heavy (non-hydrogen) atoms. The molecule has 0 aliphatic heterocycles. The molecule has 370 valence electrons. The minimum absolute atomic E-state index is 0. The molecule has 0 radical (unpaired) electrons. The average Bonchev–Trinajstić information content (AvgIpc) is 3.42. The van der Waals surface area contributed by atoms with Gasteiger partial charge in [0.1, 0.15) is 69.4 Å². The van der Waals surface area contributed by atoms with Gasteiger partial charge in [0, 0.05) is 23.3 Å². The van der Waals surface area contributed by atoms with Crippen LogP contribution in [0.25, 0.3) is 0 Å². The summed E-state index contributed by atoms with van der Waals surface area (Å²) in [7, 11) is -3.64. The van der Waals surface area contributed by atoms with E-state index in [-0.39, 0.29) is 45.5 Å². The zero-order valence-corrected chi connectivity index (χ0v) is 45.6. The molecule has 0 unspecified atom stereocenters. The highest BCUT2D eigenvalue weighted by Gasteiger charge is 2.45. The van der Waals surface area contributed by atoms with Gasteiger partial charge in [-0.15, -0.1) is 0 Å². The van der Waals surface area contributed by atoms with E-state index in [9.17, 15) is 10.2 Å². The third-order valence-corrected chi connectivity index (χ3v) is 22.0. The van der Waals surface area contributed by atoms with Gasteiger partial charge >= 0.3 is 0 Å². The van der Waals surface area contributed by atoms with E-state index < -0.39 is 14.5 Å². The van der Waals surface area contributed by atoms with E-state index in [0.717, 1.165) is 63.7 Å². The Hall–Kier alpha value is -5.88. The molecule has 8 aromatic carbocycles. The van der Waals surface area contributed by atoms with Crippen LogP contribution in [0.2, 0.25) is 0 Å². The number of rotatable bonds is 25. The van der Waals surface area contributed by atoms with Crippen molar-refractivity contribution in [3.8, 4) is 23.0 Å². The Morgan fingerprint density at radius 3 is 0.861 bits per heavy atom. The van der Waals surface area contributed by atoms with Gasteiger partial charge in [0.05, 0.1) is 38.0 Å². The molecule has 6 nitrogen and oxygen atoms in total. The van der Waals surface area contributed by atoms with Crippen LogP contribution in [0, 0.1) is 0 Å². The summed E-state index contributed by atoms with van der Waals surface area (Å²) in [6.07, 6.45) is 13.6. The van der Waals surface area contributed by atoms with E-state index in [4.69, 9.17) is 9.47 Å². The van der Waals surface area contributed by atoms with Crippen molar-refractivity contribution in [2.75, 3.05) is 25.5 Å². The molecule has 0 heterocycles. The summed E-state index contributed by atoms with van der Waals surface area (Å²) in [5.41, 5.74) is 1.04. The second-order valence-corrected chi connectivity index (χ2v) is 24.8. The first-order chi connectivity index (χ1) is 34.6. The van der Waals surface area contributed by atoms with E-state index in [0.29, 0.717) is 35.8 Å². The third-order valence-electron chi connectivity index (χ3n) is 13.0. The number of aromatic hydroxyl groups is 2. The molecular weight excluding hydrogens is 1060 g/mol. The van der Waals surface area contributed by atoms with Crippen LogP contribution in [0.3, 0.4) is 0 Å². The molecule has 0 saturated carbocycles. The normalized spacial score (nSPS) is 11.5. The van der Waals surface area contributed by atoms with Gasteiger partial charge in [-0.3, -0.25) is 0 Å². The molecule has 0 aromatic heterocycles. The fraction of sp³-hybridized carbons (Fsp3) is 0.194. The molecule has 10 heteroatoms. The van der Waals surface area contributed by atoms with E-state index >= 15 is 0 Å². The van der Waals surface area contributed by atoms with Crippen molar-refractivity contribution in [2.24, 2.45) is 10.2 Å². The Kier molecular flexibility index (Phi) is 22.3. The minimum atomic E-state index is -1.82. The first-order valence-corrected chi connectivity index (χ1v) is 28.6. The summed E-state index contributed by atoms with van der Waals surface area (Å²) in [5, 5.41) is 38.3. The molecule has 0 bridgehead atoms. The maximum Gasteiger partial charge on any atom is 0.128 e. The Labute approximate surface area is 449 Å². The Morgan fingerprint density at radius 1 is 0.333 bits per heavy atom. The number of hydrogen-bond acceptors (Lipinski definition) is 6. The van der Waals surface area contributed by atoms with Crippen molar-refractivity contribution in [3.63, 3.8) is 0 Å². The average molecular weight is 1120 g/mol. The maximum absolute atomic E-state index is 10.7. The van der Waals surface area contributed by atoms with E-state index in [1.807, 2.05) is 12.1 Å². The Bertz CT molecular complexity index is 2470. The largest absolute Gasteiger partial charge is 1.00 e. The molecule has 0 spiro atoms. The quantitative estimate of drug-likeness (QED) is 0.0300. The lowest BCUT2D eigenvalue weighted by Gasteiger charge is -2.27. The van der Waals surface area contributed by atoms with Crippen LogP contribution in [-0.2, 0) is 0 Å². The zero-order valence-electron chi connectivity index (χ0n) is 40.7. The Morgan fingerprint density at radius 2 is 0.597 bits per heavy atom. The molecule has 0 saturated heterocycles. The number of hydrogen-bond donors (Lipinski definition) is 2. The van der Waals surface area contributed by atoms with Crippen molar-refractivity contribution in [2.45, 2.75) is 51.4 Å². The molecule has 2 N–H and O–H groups in total. The number of phenolic OH excluding ortho intramolecular Hbond substituents is 2. The van der Waals surface area contributed by atoms with E-state index in [1.165, 1.54) is 44.3 Å². The van der Waals surface area contributed by atoms with Crippen molar-refractivity contribution in [3.05, 3.63) is 230 Å². The first-order valence-electron chi connectivity index (χ1n) is 24.6. The molecule has 0 fully saturated rings. The summed E-state index contributed by atoms with van der Waals surface area (Å²) < 4.78 is 12.1. The summed E-state index contributed by atoms with van der Waals surface area (Å²) >= 11 is 0. The number of phenols is 2. The molecule has 0 aliphatic rings. The number of nitrogens with zero attached hydrogens (tertiary/aromatic N) is 2. The lowest BCUT2D eigenvalue weighted by molar-refractivity contribution is -0.001000. The molecule has 0 atom stereocenters. The van der Waals surface area contributed by atoms with Gasteiger partial charge in [-0.25, -0.2) is 0 Å². The molecule has 8 rings (SSSR count). The lowest BCUT2D eigenvalue weighted by Crippen LogP contribution is -3.00. The van der Waals surface area contributed by atoms with E-state index in [1.54, 1.807) is 24.3 Å². The van der Waals surface area contributed by atoms with E-state index in [2.05, 4.69) is 192 Å². The predicted octanol–water partition coefficient (Wildman–Crippen LogP) is 6.43. The van der Waals surface area contributed by atoms with Gasteiger partial charge in [0.25, 0.3) is 0 Å². The molecule has 8 aromatic rings. The fourth-order valence-corrected chi connectivity index (χ4v) is 18.2. The van der Waals surface area contributed by atoms with Crippen LogP contribution in [0.5, 0.6) is 23.0 Å². The predicted molar refractivity (Wildman–Crippen MR) is 299 cm³/mol. The third kappa shape index (κ3) is 14.4. The number of benzene rings is 8. The van der Waals surface area contributed by atoms with Crippen LogP contribution < -0.4 is 75.3 Å². The van der Waals surface area contributed by atoms with Crippen LogP contribution in [0.4, 0.5) is 0 Å². The first kappa shape index (κ1) is 55.4. The number of ether oxygens (including phenoxy) is 2. The summed E-state index contributed by atoms with van der Waals surface area (Å²) in [6, 6.07) is 76.8. The highest BCUT2D eigenvalue weighted by Crippen LogP contribution is 2.57. The van der Waals surface area contributed by atoms with Crippen molar-refractivity contribution in [1.82, 2.24) is 0 Å². The number of unbranched alkanes of at least 4 members (excludes halogenated alkanes) is 6. The highest BCUT2D eigenvalue weighted by molar-refractivity contribution is 7.96. The van der Waals surface area contributed by atoms with Crippen molar-refractivity contribution >= 4 is 58.8 Å². The van der Waals surface area contributed by atoms with Crippen LogP contribution in [0.1, 0.15) is 62.5 Å². The van der Waals surface area contributed by atoms with Gasteiger partial charge in [0.15, 0.2) is 0 Å². The van der Waals surface area contributed by atoms with Gasteiger partial charge in [-0.05, 0) is 148 Å². The van der Waals surface area contributed by atoms with Crippen LogP contribution in [0.15, 0.2) is 229 Å². The van der Waals surface area contributed by atoms with Gasteiger partial charge in [-0.2, -0.15) is 10.2 Å². The van der Waals surface area contributed by atoms with Gasteiger partial charge < -0.3 is 53.6 Å². The lowest BCUT2D eigenvalue weighted by atomic mass is 10.2. The van der Waals surface area contributed by atoms with Crippen molar-refractivity contribution < 1.29 is 53.6 Å². The smallest absolute Gasteiger partial charge is 0.128 e. The molecular formula is C62H64Br2N2O4P2. The van der Waals surface area contributed by atoms with Gasteiger partial charge in [-0.1, -0.05) is 109 Å². The fourth-order valence-electron chi connectivity index (χ4n) is 9.39. The monoisotopic (exact) mass is 1120 g/mol. The standard InChI is InChI=1S/C62H62N2O4P2.2BrH/c65-61-47-53(67-43-23-1-3-25-45-69(55-27-11-5-12-28-55,56-29-13-6-14-30-56)57-31-15-7-16-32-57)41-39-51(61)49-63-64-50-52-40-42-54(48-62(52)66)68-44-24-2-4-26-46-70(58-33-17-8-18-34-58,59-35-19-9-20-36-59)60-37-21-10-22-38-60;;/h5-22,27-42,47-50H,1-4,23-26,43-46H2;2*1H. The summed E-state index contributed by atoms with van der Waals surface area (Å²) in [5.74, 6) is 1.35. The highest BCUT2D eigenvalue weighted by atomic mass is 79.9. The second-order valence-electron chi connectivity index (χ2n) is 17.5. The van der Waals surface area contributed by atoms with Crippen LogP contribution >= 0.6 is 14.5 Å². The summed E-state index contributed by atoms with van der Waals surface area (Å²) in [6.45, 7) is 1.14. The zero-order chi connectivity index (χ0) is 48.1. The van der Waals surface area contributed by atoms with Crippen molar-refractivity contribution in [1.29, 1.82) is 0 Å². The molecule has 0 aliphatic carbocycles. The Balaban J connectivity index is 0.00000423. The van der Waals surface area contributed by atoms with Gasteiger partial charge in [0.2, 0.25) is 0 Å². The van der Waals surface area contributed by atoms with Crippen LogP contribution in [-0.4, -0.2) is 48.2 Å². The topological polar surface area (TPSA) is 83.6 Å². The number of halogens is 2. The second kappa shape index (κ2) is 29.0. The minimum Gasteiger partial charge on any atom is -1.00 e. The molecule has 0 amide bonds.